The van der Waals surface area contributed by atoms with Gasteiger partial charge in [-0.15, -0.1) is 0 Å². The lowest BCUT2D eigenvalue weighted by Gasteiger charge is -2.34. The number of carbonyl (C=O) groups is 2. The molecule has 8 heteroatoms. The van der Waals surface area contributed by atoms with Gasteiger partial charge in [0.15, 0.2) is 0 Å². The number of urea groups is 1. The number of amides is 3. The quantitative estimate of drug-likeness (QED) is 0.433. The Kier molecular flexibility index (Phi) is 2.67. The van der Waals surface area contributed by atoms with Crippen molar-refractivity contribution < 1.29 is 23.9 Å². The number of nitrogens with one attached hydrogen (secondary N) is 1. The molecule has 7 nitrogen and oxygen atoms in total. The van der Waals surface area contributed by atoms with Crippen molar-refractivity contribution in [3.05, 3.63) is 0 Å². The highest BCUT2D eigenvalue weighted by molar-refractivity contribution is 7.53. The second-order valence-corrected chi connectivity index (χ2v) is 5.97. The Morgan fingerprint density at radius 1 is 1.33 bits per heavy atom. The first-order valence-electron chi connectivity index (χ1n) is 4.24. The molecule has 0 aromatic rings. The second-order valence-electron chi connectivity index (χ2n) is 4.30. The summed E-state index contributed by atoms with van der Waals surface area (Å²) < 4.78 is 11.1. The Labute approximate surface area is 86.6 Å². The van der Waals surface area contributed by atoms with E-state index in [1.54, 1.807) is 20.8 Å². The van der Waals surface area contributed by atoms with Gasteiger partial charge in [0.25, 0.3) is 5.91 Å². The summed E-state index contributed by atoms with van der Waals surface area (Å²) in [6.07, 6.45) is 0. The van der Waals surface area contributed by atoms with Gasteiger partial charge in [-0.25, -0.2) is 4.79 Å². The van der Waals surface area contributed by atoms with Gasteiger partial charge in [-0.05, 0) is 20.8 Å². The Morgan fingerprint density at radius 3 is 2.07 bits per heavy atom. The monoisotopic (exact) mass is 236 g/mol. The summed E-state index contributed by atoms with van der Waals surface area (Å²) >= 11 is 0. The molecular formula is C7H13N2O5P. The zero-order valence-corrected chi connectivity index (χ0v) is 9.49. The largest absolute Gasteiger partial charge is 0.357 e. The number of nitrogens with zero attached hydrogens (tertiary/aromatic N) is 1. The van der Waals surface area contributed by atoms with Crippen LogP contribution in [0.2, 0.25) is 0 Å². The molecule has 0 aromatic carbocycles. The molecule has 0 aromatic heterocycles. The molecule has 1 aliphatic rings. The van der Waals surface area contributed by atoms with E-state index in [4.69, 9.17) is 9.79 Å². The average molecular weight is 236 g/mol. The minimum absolute atomic E-state index is 0.777. The van der Waals surface area contributed by atoms with E-state index in [2.05, 4.69) is 0 Å². The molecule has 1 saturated heterocycles. The van der Waals surface area contributed by atoms with Crippen LogP contribution in [0.25, 0.3) is 0 Å². The van der Waals surface area contributed by atoms with E-state index in [0.29, 0.717) is 0 Å². The highest BCUT2D eigenvalue weighted by Crippen LogP contribution is 2.46. The van der Waals surface area contributed by atoms with Crippen LogP contribution in [0.3, 0.4) is 0 Å². The summed E-state index contributed by atoms with van der Waals surface area (Å²) in [6.45, 7) is 4.77. The first-order valence-corrected chi connectivity index (χ1v) is 5.92. The molecule has 1 unspecified atom stereocenters. The summed E-state index contributed by atoms with van der Waals surface area (Å²) in [5.74, 6) is -2.67. The molecular weight excluding hydrogens is 223 g/mol. The third-order valence-corrected chi connectivity index (χ3v) is 3.07. The minimum Gasteiger partial charge on any atom is -0.323 e. The number of imide groups is 1. The highest BCUT2D eigenvalue weighted by atomic mass is 31.2. The summed E-state index contributed by atoms with van der Waals surface area (Å²) in [7, 11) is -4.67. The molecule has 0 saturated carbocycles. The van der Waals surface area contributed by atoms with E-state index in [1.807, 2.05) is 5.32 Å². The Bertz CT molecular complexity index is 355. The summed E-state index contributed by atoms with van der Waals surface area (Å²) in [5.41, 5.74) is -0.831. The van der Waals surface area contributed by atoms with E-state index >= 15 is 0 Å². The minimum atomic E-state index is -4.67. The molecule has 1 atom stereocenters. The predicted molar refractivity (Wildman–Crippen MR) is 51.0 cm³/mol. The molecule has 1 aliphatic heterocycles. The topological polar surface area (TPSA) is 107 Å². The number of carbonyl (C=O) groups excluding carboxylic acids is 2. The second kappa shape index (κ2) is 3.30. The molecule has 0 spiro atoms. The van der Waals surface area contributed by atoms with Gasteiger partial charge < -0.3 is 9.79 Å². The maximum atomic E-state index is 11.3. The van der Waals surface area contributed by atoms with Crippen molar-refractivity contribution in [3.8, 4) is 0 Å². The van der Waals surface area contributed by atoms with Crippen LogP contribution >= 0.6 is 7.60 Å². The van der Waals surface area contributed by atoms with Crippen molar-refractivity contribution in [2.24, 2.45) is 0 Å². The van der Waals surface area contributed by atoms with Crippen LogP contribution in [0, 0.1) is 0 Å². The lowest BCUT2D eigenvalue weighted by molar-refractivity contribution is -0.120. The van der Waals surface area contributed by atoms with Crippen molar-refractivity contribution in [2.45, 2.75) is 32.1 Å². The van der Waals surface area contributed by atoms with E-state index in [1.165, 1.54) is 0 Å². The molecule has 1 heterocycles. The molecule has 1 fully saturated rings. The predicted octanol–water partition coefficient (Wildman–Crippen LogP) is -0.160. The van der Waals surface area contributed by atoms with Crippen molar-refractivity contribution in [1.29, 1.82) is 0 Å². The zero-order valence-electron chi connectivity index (χ0n) is 8.59. The Hall–Kier alpha value is -0.910. The molecule has 15 heavy (non-hydrogen) atoms. The Morgan fingerprint density at radius 2 is 1.80 bits per heavy atom. The fraction of sp³-hybridized carbons (Fsp3) is 0.714. The lowest BCUT2D eigenvalue weighted by Crippen LogP contribution is -2.48. The first-order chi connectivity index (χ1) is 6.55. The van der Waals surface area contributed by atoms with Crippen molar-refractivity contribution >= 4 is 19.5 Å². The maximum Gasteiger partial charge on any atom is 0.357 e. The van der Waals surface area contributed by atoms with Gasteiger partial charge in [0.05, 0.1) is 0 Å². The van der Waals surface area contributed by atoms with E-state index in [-0.39, 0.29) is 0 Å². The first kappa shape index (κ1) is 12.2. The van der Waals surface area contributed by atoms with Crippen LogP contribution in [0.5, 0.6) is 0 Å². The maximum absolute atomic E-state index is 11.3. The summed E-state index contributed by atoms with van der Waals surface area (Å²) in [4.78, 5) is 41.4. The van der Waals surface area contributed by atoms with Gasteiger partial charge in [-0.3, -0.25) is 19.6 Å². The normalized spacial score (nSPS) is 23.3. The zero-order chi connectivity index (χ0) is 12.0. The van der Waals surface area contributed by atoms with Crippen molar-refractivity contribution in [1.82, 2.24) is 10.2 Å². The van der Waals surface area contributed by atoms with Crippen LogP contribution in [0.1, 0.15) is 20.8 Å². The average Bonchev–Trinajstić information content (AvgIpc) is 2.22. The van der Waals surface area contributed by atoms with Gasteiger partial charge in [-0.1, -0.05) is 0 Å². The number of hydrogen-bond donors (Lipinski definition) is 3. The fourth-order valence-corrected chi connectivity index (χ4v) is 2.56. The third kappa shape index (κ3) is 2.19. The molecule has 0 aliphatic carbocycles. The fourth-order valence-electron chi connectivity index (χ4n) is 1.43. The third-order valence-electron chi connectivity index (χ3n) is 1.97. The molecule has 0 bridgehead atoms. The van der Waals surface area contributed by atoms with Gasteiger partial charge in [-0.2, -0.15) is 0 Å². The van der Waals surface area contributed by atoms with E-state index in [0.717, 1.165) is 4.90 Å². The molecule has 3 amide bonds. The van der Waals surface area contributed by atoms with Crippen molar-refractivity contribution in [3.63, 3.8) is 0 Å². The number of hydrogen-bond acceptors (Lipinski definition) is 3. The number of rotatable bonds is 1. The van der Waals surface area contributed by atoms with Crippen LogP contribution in [0.4, 0.5) is 4.79 Å². The Balaban J connectivity index is 3.18. The van der Waals surface area contributed by atoms with Crippen LogP contribution in [0.15, 0.2) is 0 Å². The molecule has 0 radical (unpaired) electrons. The lowest BCUT2D eigenvalue weighted by atomic mass is 10.1. The van der Waals surface area contributed by atoms with Crippen LogP contribution in [-0.4, -0.2) is 37.9 Å². The highest BCUT2D eigenvalue weighted by Gasteiger charge is 2.52. The smallest absolute Gasteiger partial charge is 0.323 e. The van der Waals surface area contributed by atoms with Gasteiger partial charge in [0, 0.05) is 5.54 Å². The van der Waals surface area contributed by atoms with Crippen LogP contribution in [-0.2, 0) is 9.36 Å². The van der Waals surface area contributed by atoms with Crippen molar-refractivity contribution in [2.75, 3.05) is 0 Å². The van der Waals surface area contributed by atoms with Gasteiger partial charge in [0.2, 0.25) is 5.78 Å². The van der Waals surface area contributed by atoms with E-state index < -0.39 is 30.9 Å². The van der Waals surface area contributed by atoms with Gasteiger partial charge >= 0.3 is 13.6 Å². The standard InChI is InChI=1S/C7H13N2O5P/c1-7(2,3)9-5(15(12,13)14)4(10)8-6(9)11/h5H,1-3H3,(H,8,10,11)(H2,12,13,14). The molecule has 1 rings (SSSR count). The summed E-state index contributed by atoms with van der Waals surface area (Å²) in [6, 6.07) is -0.777. The van der Waals surface area contributed by atoms with E-state index in [9.17, 15) is 14.2 Å². The summed E-state index contributed by atoms with van der Waals surface area (Å²) in [5, 5.41) is 1.89. The van der Waals surface area contributed by atoms with Gasteiger partial charge in [0.1, 0.15) is 0 Å². The molecule has 3 N–H and O–H groups in total. The molecule has 86 valence electrons. The SMILES string of the molecule is CC(C)(C)N1C(=O)NC(=O)C1P(=O)(O)O. The van der Waals surface area contributed by atoms with Crippen LogP contribution < -0.4 is 5.32 Å².